The zero-order valence-corrected chi connectivity index (χ0v) is 24.6. The van der Waals surface area contributed by atoms with Crippen molar-refractivity contribution in [1.29, 1.82) is 0 Å². The maximum Gasteiger partial charge on any atom is 0.332 e. The molecule has 0 heterocycles. The molecule has 14 heteroatoms. The van der Waals surface area contributed by atoms with Crippen LogP contribution in [-0.2, 0) is 33.7 Å². The van der Waals surface area contributed by atoms with Gasteiger partial charge in [0.15, 0.2) is 0 Å². The molecule has 0 saturated heterocycles. The number of hydrogen-bond donors (Lipinski definition) is 7. The van der Waals surface area contributed by atoms with Gasteiger partial charge in [0.2, 0.25) is 0 Å². The molecule has 0 aliphatic carbocycles. The molecule has 0 spiro atoms. The number of carbonyl (C=O) groups is 5. The summed E-state index contributed by atoms with van der Waals surface area (Å²) < 4.78 is 0. The van der Waals surface area contributed by atoms with E-state index in [-0.39, 0.29) is 67.2 Å². The lowest BCUT2D eigenvalue weighted by Crippen LogP contribution is -2.20. The minimum Gasteiger partial charge on any atom is -0.481 e. The van der Waals surface area contributed by atoms with E-state index < -0.39 is 72.5 Å². The number of aliphatic carboxylic acids is 5. The Morgan fingerprint density at radius 3 is 1.42 bits per heavy atom. The Kier molecular flexibility index (Phi) is 19.1. The van der Waals surface area contributed by atoms with Crippen molar-refractivity contribution >= 4 is 29.8 Å². The molecule has 0 aromatic rings. The second kappa shape index (κ2) is 20.9. The Morgan fingerprint density at radius 2 is 1.05 bits per heavy atom. The molecule has 0 aliphatic rings. The molecule has 2 unspecified atom stereocenters. The van der Waals surface area contributed by atoms with Crippen LogP contribution in [0, 0.1) is 11.8 Å². The van der Waals surface area contributed by atoms with Crippen molar-refractivity contribution < 1.29 is 69.8 Å². The summed E-state index contributed by atoms with van der Waals surface area (Å²) in [6.45, 7) is 4.18. The zero-order chi connectivity index (χ0) is 33.1. The van der Waals surface area contributed by atoms with E-state index in [2.05, 4.69) is 9.78 Å². The van der Waals surface area contributed by atoms with Crippen LogP contribution in [0.1, 0.15) is 78.6 Å². The summed E-state index contributed by atoms with van der Waals surface area (Å²) in [6.07, 6.45) is 2.50. The van der Waals surface area contributed by atoms with Gasteiger partial charge in [-0.05, 0) is 61.5 Å². The quantitative estimate of drug-likeness (QED) is 0.0359. The van der Waals surface area contributed by atoms with Gasteiger partial charge in [-0.15, -0.1) is 0 Å². The summed E-state index contributed by atoms with van der Waals surface area (Å²) >= 11 is 0. The fraction of sp³-hybridized carbons (Fsp3) is 0.552. The predicted molar refractivity (Wildman–Crippen MR) is 151 cm³/mol. The molecule has 0 aromatic heterocycles. The molecule has 0 radical (unpaired) electrons. The predicted octanol–water partition coefficient (Wildman–Crippen LogP) is 4.64. The maximum atomic E-state index is 12.3. The number of rotatable bonds is 23. The molecule has 0 rings (SSSR count). The van der Waals surface area contributed by atoms with Crippen LogP contribution in [0.3, 0.4) is 0 Å². The van der Waals surface area contributed by atoms with Gasteiger partial charge < -0.3 is 25.5 Å². The van der Waals surface area contributed by atoms with E-state index in [9.17, 15) is 44.4 Å². The van der Waals surface area contributed by atoms with E-state index in [1.807, 2.05) is 6.92 Å². The molecule has 0 bridgehead atoms. The molecule has 0 saturated carbocycles. The molecule has 7 N–H and O–H groups in total. The van der Waals surface area contributed by atoms with Crippen molar-refractivity contribution in [3.8, 4) is 0 Å². The van der Waals surface area contributed by atoms with Crippen molar-refractivity contribution in [3.05, 3.63) is 45.6 Å². The number of hydrogen-bond acceptors (Lipinski definition) is 9. The minimum absolute atomic E-state index is 0.0335. The lowest BCUT2D eigenvalue weighted by Gasteiger charge is -2.22. The van der Waals surface area contributed by atoms with Gasteiger partial charge in [-0.2, -0.15) is 0 Å². The van der Waals surface area contributed by atoms with Crippen molar-refractivity contribution in [2.75, 3.05) is 13.2 Å². The third-order valence-corrected chi connectivity index (χ3v) is 6.98. The van der Waals surface area contributed by atoms with Crippen LogP contribution in [0.25, 0.3) is 0 Å². The Morgan fingerprint density at radius 1 is 0.605 bits per heavy atom. The molecule has 0 aromatic carbocycles. The van der Waals surface area contributed by atoms with Crippen LogP contribution in [-0.4, -0.2) is 79.1 Å². The third kappa shape index (κ3) is 14.2. The first kappa shape index (κ1) is 39.1. The Hall–Kier alpha value is -3.85. The first-order chi connectivity index (χ1) is 20.3. The maximum absolute atomic E-state index is 12.3. The highest BCUT2D eigenvalue weighted by Gasteiger charge is 2.28. The van der Waals surface area contributed by atoms with Gasteiger partial charge in [-0.1, -0.05) is 45.8 Å². The molecule has 14 nitrogen and oxygen atoms in total. The average Bonchev–Trinajstić information content (AvgIpc) is 2.93. The number of carboxylic acids is 5. The van der Waals surface area contributed by atoms with Crippen LogP contribution in [0.2, 0.25) is 0 Å². The smallest absolute Gasteiger partial charge is 0.332 e. The second-order valence-electron chi connectivity index (χ2n) is 9.88. The molecular formula is C29H42O14. The summed E-state index contributed by atoms with van der Waals surface area (Å²) in [5.74, 6) is -8.28. The minimum atomic E-state index is -1.52. The molecule has 2 atom stereocenters. The molecular weight excluding hydrogens is 572 g/mol. The van der Waals surface area contributed by atoms with Crippen molar-refractivity contribution in [1.82, 2.24) is 0 Å². The van der Waals surface area contributed by atoms with E-state index in [4.69, 9.17) is 15.6 Å². The highest BCUT2D eigenvalue weighted by molar-refractivity contribution is 5.99. The van der Waals surface area contributed by atoms with Crippen molar-refractivity contribution in [2.24, 2.45) is 11.8 Å². The third-order valence-electron chi connectivity index (χ3n) is 6.98. The lowest BCUT2D eigenvalue weighted by atomic mass is 9.83. The summed E-state index contributed by atoms with van der Waals surface area (Å²) in [6, 6.07) is 0. The molecule has 43 heavy (non-hydrogen) atoms. The largest absolute Gasteiger partial charge is 0.481 e. The first-order valence-corrected chi connectivity index (χ1v) is 13.8. The Balaban J connectivity index is 6.64. The molecule has 242 valence electrons. The standard InChI is InChI=1S/C29H42O14/c1-4-7-8-19(15-42-40)22(27(34)35)12-18(6-3)14-24(29(38)39)23(28(36)37)13-17(5-2)11-20(16-43-41)21(26(32)33)9-10-25(30)31/h7-8,17-18,40-41H,4-6,9-16H2,1-3H3,(H,30,31)(H,32,33)(H,34,35)(H,36,37)(H,38,39). The van der Waals surface area contributed by atoms with Gasteiger partial charge >= 0.3 is 29.8 Å². The molecule has 0 amide bonds. The summed E-state index contributed by atoms with van der Waals surface area (Å²) in [7, 11) is 0. The van der Waals surface area contributed by atoms with E-state index in [1.165, 1.54) is 6.08 Å². The van der Waals surface area contributed by atoms with Gasteiger partial charge in [0, 0.05) is 28.7 Å². The van der Waals surface area contributed by atoms with Crippen LogP contribution in [0.4, 0.5) is 0 Å². The van der Waals surface area contributed by atoms with Crippen LogP contribution in [0.15, 0.2) is 45.6 Å². The van der Waals surface area contributed by atoms with Gasteiger partial charge in [-0.25, -0.2) is 29.0 Å². The first-order valence-electron chi connectivity index (χ1n) is 13.8. The highest BCUT2D eigenvalue weighted by atomic mass is 17.1. The lowest BCUT2D eigenvalue weighted by molar-refractivity contribution is -0.234. The van der Waals surface area contributed by atoms with Gasteiger partial charge in [0.25, 0.3) is 0 Å². The summed E-state index contributed by atoms with van der Waals surface area (Å²) in [4.78, 5) is 67.8. The van der Waals surface area contributed by atoms with Crippen LogP contribution >= 0.6 is 0 Å². The highest BCUT2D eigenvalue weighted by Crippen LogP contribution is 2.32. The molecule has 0 aliphatic heterocycles. The number of allylic oxidation sites excluding steroid dienone is 1. The fourth-order valence-corrected chi connectivity index (χ4v) is 4.55. The van der Waals surface area contributed by atoms with Crippen molar-refractivity contribution in [2.45, 2.75) is 78.6 Å². The number of carboxylic acid groups (broad SMARTS) is 5. The Bertz CT molecular complexity index is 1110. The van der Waals surface area contributed by atoms with Gasteiger partial charge in [0.1, 0.15) is 13.2 Å². The van der Waals surface area contributed by atoms with Gasteiger partial charge in [0.05, 0.1) is 0 Å². The molecule has 0 fully saturated rings. The summed E-state index contributed by atoms with van der Waals surface area (Å²) in [5.41, 5.74) is -1.13. The topological polar surface area (TPSA) is 245 Å². The van der Waals surface area contributed by atoms with Gasteiger partial charge in [-0.3, -0.25) is 15.3 Å². The van der Waals surface area contributed by atoms with E-state index >= 15 is 0 Å². The van der Waals surface area contributed by atoms with Crippen LogP contribution < -0.4 is 0 Å². The normalized spacial score (nSPS) is 14.8. The zero-order valence-electron chi connectivity index (χ0n) is 24.6. The van der Waals surface area contributed by atoms with E-state index in [1.54, 1.807) is 19.9 Å². The van der Waals surface area contributed by atoms with E-state index in [0.29, 0.717) is 6.42 Å². The van der Waals surface area contributed by atoms with E-state index in [0.717, 1.165) is 0 Å². The van der Waals surface area contributed by atoms with Crippen LogP contribution in [0.5, 0.6) is 0 Å². The van der Waals surface area contributed by atoms with Crippen molar-refractivity contribution in [3.63, 3.8) is 0 Å². The monoisotopic (exact) mass is 614 g/mol. The Labute approximate surface area is 249 Å². The average molecular weight is 615 g/mol. The fourth-order valence-electron chi connectivity index (χ4n) is 4.55. The SMILES string of the molecule is CCC=CC(COO)=C(CC(CC)CC(C(=O)O)=C(CC(CC)CC(COO)=C(CCC(=O)O)C(=O)O)C(=O)O)C(=O)O. The summed E-state index contributed by atoms with van der Waals surface area (Å²) in [5, 5.41) is 66.4. The second-order valence-corrected chi connectivity index (χ2v) is 9.88.